The Bertz CT molecular complexity index is 543. The number of aliphatic hydroxyl groups is 3. The Morgan fingerprint density at radius 3 is 2.72 bits per heavy atom. The van der Waals surface area contributed by atoms with Gasteiger partial charge in [-0.25, -0.2) is 4.98 Å². The normalized spacial score (nSPS) is 16.7. The number of imidazole rings is 1. The van der Waals surface area contributed by atoms with Gasteiger partial charge >= 0.3 is 0 Å². The lowest BCUT2D eigenvalue weighted by Gasteiger charge is -2.20. The van der Waals surface area contributed by atoms with E-state index in [4.69, 9.17) is 11.6 Å². The maximum Gasteiger partial charge on any atom is 0.140 e. The summed E-state index contributed by atoms with van der Waals surface area (Å²) in [6, 6.07) is 5.09. The lowest BCUT2D eigenvalue weighted by molar-refractivity contribution is -0.0642. The molecule has 18 heavy (non-hydrogen) atoms. The van der Waals surface area contributed by atoms with Gasteiger partial charge in [0, 0.05) is 5.02 Å². The van der Waals surface area contributed by atoms with Crippen molar-refractivity contribution in [3.63, 3.8) is 0 Å². The molecule has 1 aromatic heterocycles. The quantitative estimate of drug-likeness (QED) is 0.676. The Morgan fingerprint density at radius 2 is 2.06 bits per heavy atom. The summed E-state index contributed by atoms with van der Waals surface area (Å²) in [5, 5.41) is 29.7. The number of halogens is 1. The van der Waals surface area contributed by atoms with Crippen LogP contribution in [-0.4, -0.2) is 37.5 Å². The van der Waals surface area contributed by atoms with Crippen molar-refractivity contribution in [3.05, 3.63) is 29.0 Å². The molecule has 1 aromatic carbocycles. The molecule has 0 bridgehead atoms. The molecule has 0 saturated heterocycles. The van der Waals surface area contributed by atoms with Gasteiger partial charge in [-0.1, -0.05) is 18.5 Å². The van der Waals surface area contributed by atoms with Gasteiger partial charge in [0.15, 0.2) is 0 Å². The van der Waals surface area contributed by atoms with Crippen LogP contribution < -0.4 is 0 Å². The molecule has 2 rings (SSSR count). The number of nitrogens with one attached hydrogen (secondary N) is 1. The van der Waals surface area contributed by atoms with E-state index in [1.165, 1.54) is 0 Å². The molecule has 2 unspecified atom stereocenters. The molecule has 2 aromatic rings. The number of aromatic nitrogens is 2. The molecule has 0 aliphatic rings. The van der Waals surface area contributed by atoms with Gasteiger partial charge in [0.05, 0.1) is 17.1 Å². The SMILES string of the molecule is CCC(O)C(O)[C@@H](O)c1nc2ccc(Cl)cc2[nH]1. The molecule has 1 heterocycles. The van der Waals surface area contributed by atoms with Crippen LogP contribution >= 0.6 is 11.6 Å². The summed E-state index contributed by atoms with van der Waals surface area (Å²) < 4.78 is 0. The monoisotopic (exact) mass is 270 g/mol. The summed E-state index contributed by atoms with van der Waals surface area (Å²) in [4.78, 5) is 7.04. The van der Waals surface area contributed by atoms with E-state index < -0.39 is 18.3 Å². The van der Waals surface area contributed by atoms with Crippen LogP contribution in [0.5, 0.6) is 0 Å². The molecule has 0 fully saturated rings. The van der Waals surface area contributed by atoms with Crippen molar-refractivity contribution in [2.75, 3.05) is 0 Å². The summed E-state index contributed by atoms with van der Waals surface area (Å²) >= 11 is 5.84. The predicted molar refractivity (Wildman–Crippen MR) is 68.4 cm³/mol. The van der Waals surface area contributed by atoms with Crippen molar-refractivity contribution in [2.45, 2.75) is 31.7 Å². The zero-order valence-electron chi connectivity index (χ0n) is 9.84. The van der Waals surface area contributed by atoms with Crippen LogP contribution in [0.2, 0.25) is 5.02 Å². The lowest BCUT2D eigenvalue weighted by Crippen LogP contribution is -2.32. The number of H-pyrrole nitrogens is 1. The Labute approximate surface area is 109 Å². The Kier molecular flexibility index (Phi) is 3.87. The third-order valence-electron chi connectivity index (χ3n) is 2.88. The van der Waals surface area contributed by atoms with Crippen LogP contribution in [0.1, 0.15) is 25.3 Å². The van der Waals surface area contributed by atoms with Crippen LogP contribution in [0.15, 0.2) is 18.2 Å². The third kappa shape index (κ3) is 2.49. The molecular formula is C12H15ClN2O3. The summed E-state index contributed by atoms with van der Waals surface area (Å²) in [6.07, 6.45) is -3.17. The number of hydrogen-bond donors (Lipinski definition) is 4. The highest BCUT2D eigenvalue weighted by atomic mass is 35.5. The fraction of sp³-hybridized carbons (Fsp3) is 0.417. The molecule has 0 amide bonds. The number of nitrogens with zero attached hydrogens (tertiary/aromatic N) is 1. The Balaban J connectivity index is 2.30. The zero-order chi connectivity index (χ0) is 13.3. The first-order valence-electron chi connectivity index (χ1n) is 5.72. The van der Waals surface area contributed by atoms with Crippen molar-refractivity contribution in [2.24, 2.45) is 0 Å². The van der Waals surface area contributed by atoms with Gasteiger partial charge in [0.2, 0.25) is 0 Å². The van der Waals surface area contributed by atoms with Gasteiger partial charge < -0.3 is 20.3 Å². The summed E-state index contributed by atoms with van der Waals surface area (Å²) in [7, 11) is 0. The number of fused-ring (bicyclic) bond motifs is 1. The number of hydrogen-bond acceptors (Lipinski definition) is 4. The summed E-state index contributed by atoms with van der Waals surface area (Å²) in [6.45, 7) is 1.72. The van der Waals surface area contributed by atoms with Gasteiger partial charge in [-0.15, -0.1) is 0 Å². The van der Waals surface area contributed by atoms with Crippen LogP contribution in [0.25, 0.3) is 11.0 Å². The van der Waals surface area contributed by atoms with Crippen LogP contribution in [0, 0.1) is 0 Å². The van der Waals surface area contributed by atoms with Crippen molar-refractivity contribution in [1.82, 2.24) is 9.97 Å². The molecule has 6 heteroatoms. The van der Waals surface area contributed by atoms with Gasteiger partial charge in [-0.2, -0.15) is 0 Å². The molecule has 0 aliphatic heterocycles. The van der Waals surface area contributed by atoms with E-state index in [1.807, 2.05) is 0 Å². The maximum absolute atomic E-state index is 9.92. The predicted octanol–water partition coefficient (Wildman–Crippen LogP) is 1.38. The number of aliphatic hydroxyl groups excluding tert-OH is 3. The minimum Gasteiger partial charge on any atom is -0.390 e. The molecule has 5 nitrogen and oxygen atoms in total. The molecular weight excluding hydrogens is 256 g/mol. The van der Waals surface area contributed by atoms with Gasteiger partial charge in [-0.3, -0.25) is 0 Å². The van der Waals surface area contributed by atoms with Crippen LogP contribution in [0.3, 0.4) is 0 Å². The average Bonchev–Trinajstić information content (AvgIpc) is 2.78. The lowest BCUT2D eigenvalue weighted by atomic mass is 10.1. The van der Waals surface area contributed by atoms with Crippen LogP contribution in [0.4, 0.5) is 0 Å². The number of rotatable bonds is 4. The van der Waals surface area contributed by atoms with E-state index >= 15 is 0 Å². The summed E-state index contributed by atoms with van der Waals surface area (Å²) in [5.41, 5.74) is 1.32. The highest BCUT2D eigenvalue weighted by molar-refractivity contribution is 6.31. The molecule has 0 spiro atoms. The molecule has 3 atom stereocenters. The zero-order valence-corrected chi connectivity index (χ0v) is 10.6. The first kappa shape index (κ1) is 13.3. The van der Waals surface area contributed by atoms with E-state index in [2.05, 4.69) is 9.97 Å². The van der Waals surface area contributed by atoms with Gasteiger partial charge in [-0.05, 0) is 24.6 Å². The highest BCUT2D eigenvalue weighted by Gasteiger charge is 2.27. The van der Waals surface area contributed by atoms with Crippen molar-refractivity contribution < 1.29 is 15.3 Å². The molecule has 0 aliphatic carbocycles. The van der Waals surface area contributed by atoms with Gasteiger partial charge in [0.25, 0.3) is 0 Å². The average molecular weight is 271 g/mol. The second-order valence-corrected chi connectivity index (χ2v) is 4.63. The maximum atomic E-state index is 9.92. The van der Waals surface area contributed by atoms with E-state index in [0.29, 0.717) is 22.5 Å². The van der Waals surface area contributed by atoms with E-state index in [0.717, 1.165) is 0 Å². The minimum atomic E-state index is -1.27. The number of benzene rings is 1. The van der Waals surface area contributed by atoms with Gasteiger partial charge in [0.1, 0.15) is 18.0 Å². The molecule has 0 radical (unpaired) electrons. The molecule has 4 N–H and O–H groups in total. The Morgan fingerprint density at radius 1 is 1.33 bits per heavy atom. The fourth-order valence-electron chi connectivity index (χ4n) is 1.76. The molecule has 98 valence electrons. The van der Waals surface area contributed by atoms with E-state index in [-0.39, 0.29) is 5.82 Å². The molecule has 0 saturated carbocycles. The first-order chi connectivity index (χ1) is 8.52. The first-order valence-corrected chi connectivity index (χ1v) is 6.10. The van der Waals surface area contributed by atoms with Crippen molar-refractivity contribution in [3.8, 4) is 0 Å². The van der Waals surface area contributed by atoms with Crippen molar-refractivity contribution >= 4 is 22.6 Å². The van der Waals surface area contributed by atoms with E-state index in [1.54, 1.807) is 25.1 Å². The topological polar surface area (TPSA) is 89.4 Å². The van der Waals surface area contributed by atoms with Crippen LogP contribution in [-0.2, 0) is 0 Å². The standard InChI is InChI=1S/C12H15ClN2O3/c1-2-9(16)10(17)11(18)12-14-7-4-3-6(13)5-8(7)15-12/h3-5,9-11,16-18H,2H2,1H3,(H,14,15)/t9?,10?,11-/m1/s1. The number of aromatic amines is 1. The minimum absolute atomic E-state index is 0.215. The second-order valence-electron chi connectivity index (χ2n) is 4.19. The third-order valence-corrected chi connectivity index (χ3v) is 3.11. The van der Waals surface area contributed by atoms with E-state index in [9.17, 15) is 15.3 Å². The fourth-order valence-corrected chi connectivity index (χ4v) is 1.93. The highest BCUT2D eigenvalue weighted by Crippen LogP contribution is 2.23. The van der Waals surface area contributed by atoms with Crippen molar-refractivity contribution in [1.29, 1.82) is 0 Å². The summed E-state index contributed by atoms with van der Waals surface area (Å²) in [5.74, 6) is 0.215. The Hall–Kier alpha value is -1.14. The smallest absolute Gasteiger partial charge is 0.140 e. The second kappa shape index (κ2) is 5.24. The largest absolute Gasteiger partial charge is 0.390 e.